The second-order valence-corrected chi connectivity index (χ2v) is 6.29. The number of benzene rings is 1. The first-order chi connectivity index (χ1) is 10.6. The van der Waals surface area contributed by atoms with Gasteiger partial charge in [0, 0.05) is 29.6 Å². The van der Waals surface area contributed by atoms with Crippen LogP contribution in [-0.4, -0.2) is 29.7 Å². The number of halogens is 1. The maximum absolute atomic E-state index is 11.3. The summed E-state index contributed by atoms with van der Waals surface area (Å²) in [5.41, 5.74) is 1.30. The number of nitrogens with zero attached hydrogens (tertiary/aromatic N) is 2. The Balaban J connectivity index is 1.93. The Bertz CT molecular complexity index is 702. The van der Waals surface area contributed by atoms with Gasteiger partial charge in [0.25, 0.3) is 0 Å². The molecule has 0 amide bonds. The van der Waals surface area contributed by atoms with Crippen LogP contribution in [0.2, 0.25) is 0 Å². The normalized spacial score (nSPS) is 15.9. The zero-order chi connectivity index (χ0) is 15.5. The Morgan fingerprint density at radius 3 is 2.91 bits per heavy atom. The monoisotopic (exact) mass is 365 g/mol. The molecule has 1 saturated heterocycles. The van der Waals surface area contributed by atoms with Crippen LogP contribution in [0.25, 0.3) is 10.9 Å². The summed E-state index contributed by atoms with van der Waals surface area (Å²) < 4.78 is 6.25. The molecule has 116 valence electrons. The summed E-state index contributed by atoms with van der Waals surface area (Å²) >= 11 is 3.40. The topological polar surface area (TPSA) is 77.3 Å². The van der Waals surface area contributed by atoms with Crippen molar-refractivity contribution in [2.24, 2.45) is 5.92 Å². The fraction of sp³-hybridized carbons (Fsp3) is 0.400. The highest BCUT2D eigenvalue weighted by Crippen LogP contribution is 2.33. The zero-order valence-corrected chi connectivity index (χ0v) is 13.5. The van der Waals surface area contributed by atoms with Gasteiger partial charge in [0.05, 0.1) is 10.4 Å². The second kappa shape index (κ2) is 6.58. The van der Waals surface area contributed by atoms with Crippen LogP contribution < -0.4 is 5.32 Å². The van der Waals surface area contributed by atoms with Crippen LogP contribution in [0, 0.1) is 16.0 Å². The molecule has 2 aromatic rings. The summed E-state index contributed by atoms with van der Waals surface area (Å²) in [6.07, 6.45) is 3.28. The molecule has 1 aliphatic rings. The van der Waals surface area contributed by atoms with Gasteiger partial charge in [-0.15, -0.1) is 0 Å². The van der Waals surface area contributed by atoms with Crippen molar-refractivity contribution in [3.8, 4) is 0 Å². The lowest BCUT2D eigenvalue weighted by molar-refractivity contribution is -0.384. The standard InChI is InChI=1S/C15H16BrN3O3/c16-11-1-2-12-13(7-11)17-9-14(19(20)21)15(12)18-8-10-3-5-22-6-4-10/h1-2,7,9-10H,3-6,8H2,(H,17,18). The molecule has 0 bridgehead atoms. The van der Waals surface area contributed by atoms with E-state index in [9.17, 15) is 10.1 Å². The summed E-state index contributed by atoms with van der Waals surface area (Å²) in [5.74, 6) is 0.479. The van der Waals surface area contributed by atoms with Crippen LogP contribution in [0.1, 0.15) is 12.8 Å². The highest BCUT2D eigenvalue weighted by Gasteiger charge is 2.20. The first-order valence-electron chi connectivity index (χ1n) is 7.19. The molecule has 0 atom stereocenters. The van der Waals surface area contributed by atoms with Gasteiger partial charge in [0.2, 0.25) is 0 Å². The first-order valence-corrected chi connectivity index (χ1v) is 7.98. The van der Waals surface area contributed by atoms with Gasteiger partial charge in [0.1, 0.15) is 11.9 Å². The van der Waals surface area contributed by atoms with Gasteiger partial charge in [0.15, 0.2) is 0 Å². The number of rotatable bonds is 4. The molecule has 0 radical (unpaired) electrons. The van der Waals surface area contributed by atoms with E-state index in [1.54, 1.807) is 0 Å². The fourth-order valence-corrected chi connectivity index (χ4v) is 3.03. The number of ether oxygens (including phenoxy) is 1. The number of hydrogen-bond acceptors (Lipinski definition) is 5. The molecule has 0 unspecified atom stereocenters. The van der Waals surface area contributed by atoms with E-state index in [-0.39, 0.29) is 10.6 Å². The third-order valence-corrected chi connectivity index (χ3v) is 4.41. The van der Waals surface area contributed by atoms with E-state index in [1.165, 1.54) is 6.20 Å². The minimum atomic E-state index is -0.388. The average Bonchev–Trinajstić information content (AvgIpc) is 2.53. The maximum Gasteiger partial charge on any atom is 0.311 e. The summed E-state index contributed by atoms with van der Waals surface area (Å²) in [6.45, 7) is 2.23. The van der Waals surface area contributed by atoms with Crippen molar-refractivity contribution in [2.75, 3.05) is 25.1 Å². The Morgan fingerprint density at radius 1 is 1.41 bits per heavy atom. The van der Waals surface area contributed by atoms with Crippen molar-refractivity contribution in [1.82, 2.24) is 4.98 Å². The predicted octanol–water partition coefficient (Wildman–Crippen LogP) is 3.74. The van der Waals surface area contributed by atoms with E-state index in [4.69, 9.17) is 4.74 Å². The molecule has 0 spiro atoms. The first kappa shape index (κ1) is 15.2. The smallest absolute Gasteiger partial charge is 0.311 e. The number of nitrogens with one attached hydrogen (secondary N) is 1. The van der Waals surface area contributed by atoms with E-state index in [0.717, 1.165) is 41.4 Å². The molecule has 0 aliphatic carbocycles. The Kier molecular flexibility index (Phi) is 4.54. The molecule has 2 heterocycles. The minimum absolute atomic E-state index is 0.0156. The van der Waals surface area contributed by atoms with E-state index < -0.39 is 0 Å². The molecule has 7 heteroatoms. The van der Waals surface area contributed by atoms with Crippen LogP contribution in [0.5, 0.6) is 0 Å². The Hall–Kier alpha value is -1.73. The molecule has 22 heavy (non-hydrogen) atoms. The molecule has 1 fully saturated rings. The second-order valence-electron chi connectivity index (χ2n) is 5.37. The van der Waals surface area contributed by atoms with Crippen LogP contribution in [-0.2, 0) is 4.74 Å². The zero-order valence-electron chi connectivity index (χ0n) is 11.9. The minimum Gasteiger partial charge on any atom is -0.381 e. The number of anilines is 1. The molecule has 0 saturated carbocycles. The fourth-order valence-electron chi connectivity index (χ4n) is 2.68. The lowest BCUT2D eigenvalue weighted by Crippen LogP contribution is -2.23. The van der Waals surface area contributed by atoms with Crippen molar-refractivity contribution in [2.45, 2.75) is 12.8 Å². The summed E-state index contributed by atoms with van der Waals surface area (Å²) in [4.78, 5) is 15.1. The molecular weight excluding hydrogens is 350 g/mol. The lowest BCUT2D eigenvalue weighted by Gasteiger charge is -2.22. The highest BCUT2D eigenvalue weighted by molar-refractivity contribution is 9.10. The van der Waals surface area contributed by atoms with Crippen LogP contribution in [0.15, 0.2) is 28.9 Å². The van der Waals surface area contributed by atoms with E-state index in [1.807, 2.05) is 18.2 Å². The number of pyridine rings is 1. The van der Waals surface area contributed by atoms with Gasteiger partial charge in [-0.25, -0.2) is 4.98 Å². The van der Waals surface area contributed by atoms with Crippen molar-refractivity contribution in [3.63, 3.8) is 0 Å². The summed E-state index contributed by atoms with van der Waals surface area (Å²) in [7, 11) is 0. The van der Waals surface area contributed by atoms with Crippen LogP contribution in [0.4, 0.5) is 11.4 Å². The molecule has 1 aliphatic heterocycles. The Morgan fingerprint density at radius 2 is 2.18 bits per heavy atom. The number of hydrogen-bond donors (Lipinski definition) is 1. The van der Waals surface area contributed by atoms with Gasteiger partial charge < -0.3 is 10.1 Å². The summed E-state index contributed by atoms with van der Waals surface area (Å²) in [5, 5.41) is 15.3. The largest absolute Gasteiger partial charge is 0.381 e. The van der Waals surface area contributed by atoms with Gasteiger partial charge in [-0.05, 0) is 37.0 Å². The van der Waals surface area contributed by atoms with Crippen molar-refractivity contribution in [3.05, 3.63) is 39.0 Å². The number of fused-ring (bicyclic) bond motifs is 1. The Labute approximate surface area is 136 Å². The highest BCUT2D eigenvalue weighted by atomic mass is 79.9. The molecule has 1 aromatic carbocycles. The average molecular weight is 366 g/mol. The molecule has 1 aromatic heterocycles. The van der Waals surface area contributed by atoms with Crippen LogP contribution in [0.3, 0.4) is 0 Å². The third kappa shape index (κ3) is 3.20. The quantitative estimate of drug-likeness (QED) is 0.659. The molecular formula is C15H16BrN3O3. The number of nitro groups is 1. The van der Waals surface area contributed by atoms with Gasteiger partial charge in [-0.3, -0.25) is 10.1 Å². The van der Waals surface area contributed by atoms with Gasteiger partial charge in [-0.2, -0.15) is 0 Å². The third-order valence-electron chi connectivity index (χ3n) is 3.92. The van der Waals surface area contributed by atoms with Crippen molar-refractivity contribution < 1.29 is 9.66 Å². The van der Waals surface area contributed by atoms with Gasteiger partial charge >= 0.3 is 5.69 Å². The molecule has 1 N–H and O–H groups in total. The molecule has 3 rings (SSSR count). The summed E-state index contributed by atoms with van der Waals surface area (Å²) in [6, 6.07) is 5.58. The number of aromatic nitrogens is 1. The lowest BCUT2D eigenvalue weighted by atomic mass is 10.00. The van der Waals surface area contributed by atoms with Crippen molar-refractivity contribution >= 4 is 38.2 Å². The predicted molar refractivity (Wildman–Crippen MR) is 88.1 cm³/mol. The maximum atomic E-state index is 11.3. The van der Waals surface area contributed by atoms with Crippen molar-refractivity contribution in [1.29, 1.82) is 0 Å². The van der Waals surface area contributed by atoms with Gasteiger partial charge in [-0.1, -0.05) is 15.9 Å². The van der Waals surface area contributed by atoms with E-state index in [2.05, 4.69) is 26.2 Å². The van der Waals surface area contributed by atoms with Crippen LogP contribution >= 0.6 is 15.9 Å². The SMILES string of the molecule is O=[N+]([O-])c1cnc2cc(Br)ccc2c1NCC1CCOCC1. The molecule has 6 nitrogen and oxygen atoms in total. The van der Waals surface area contributed by atoms with E-state index >= 15 is 0 Å². The van der Waals surface area contributed by atoms with E-state index in [0.29, 0.717) is 18.2 Å².